The zero-order valence-electron chi connectivity index (χ0n) is 11.5. The van der Waals surface area contributed by atoms with Gasteiger partial charge in [-0.2, -0.15) is 0 Å². The Morgan fingerprint density at radius 2 is 1.94 bits per heavy atom. The number of carbonyl (C=O) groups is 1. The molecule has 4 heteroatoms. The molecule has 1 aliphatic carbocycles. The van der Waals surface area contributed by atoms with Crippen LogP contribution in [0.3, 0.4) is 0 Å². The summed E-state index contributed by atoms with van der Waals surface area (Å²) in [5.41, 5.74) is 5.83. The van der Waals surface area contributed by atoms with E-state index in [-0.39, 0.29) is 11.3 Å². The molecule has 3 N–H and O–H groups in total. The molecule has 0 aromatic rings. The van der Waals surface area contributed by atoms with Crippen LogP contribution in [0.15, 0.2) is 0 Å². The van der Waals surface area contributed by atoms with E-state index in [1.807, 2.05) is 0 Å². The van der Waals surface area contributed by atoms with Gasteiger partial charge in [-0.25, -0.2) is 0 Å². The topological polar surface area (TPSA) is 64.4 Å². The van der Waals surface area contributed by atoms with Gasteiger partial charge in [-0.3, -0.25) is 4.79 Å². The average molecular weight is 254 g/mol. The summed E-state index contributed by atoms with van der Waals surface area (Å²) >= 11 is 0. The number of rotatable bonds is 5. The van der Waals surface area contributed by atoms with Crippen LogP contribution in [0.1, 0.15) is 45.4 Å². The lowest BCUT2D eigenvalue weighted by Crippen LogP contribution is -2.52. The van der Waals surface area contributed by atoms with E-state index in [0.717, 1.165) is 25.8 Å². The van der Waals surface area contributed by atoms with Crippen LogP contribution in [0.4, 0.5) is 0 Å². The van der Waals surface area contributed by atoms with E-state index < -0.39 is 0 Å². The third-order valence-corrected chi connectivity index (χ3v) is 5.11. The van der Waals surface area contributed by atoms with Crippen molar-refractivity contribution in [3.8, 4) is 0 Å². The molecule has 0 aromatic carbocycles. The Bertz CT molecular complexity index is 289. The summed E-state index contributed by atoms with van der Waals surface area (Å²) in [5.74, 6) is 0.146. The summed E-state index contributed by atoms with van der Waals surface area (Å²) in [7, 11) is 0. The normalized spacial score (nSPS) is 25.2. The molecule has 1 saturated heterocycles. The predicted molar refractivity (Wildman–Crippen MR) is 71.1 cm³/mol. The van der Waals surface area contributed by atoms with Crippen molar-refractivity contribution in [2.45, 2.75) is 45.4 Å². The van der Waals surface area contributed by atoms with E-state index >= 15 is 0 Å². The first-order chi connectivity index (χ1) is 8.66. The van der Waals surface area contributed by atoms with Gasteiger partial charge in [0.1, 0.15) is 0 Å². The van der Waals surface area contributed by atoms with Crippen molar-refractivity contribution in [2.75, 3.05) is 26.3 Å². The third kappa shape index (κ3) is 2.54. The second-order valence-corrected chi connectivity index (χ2v) is 5.99. The first kappa shape index (κ1) is 13.8. The number of nitrogens with two attached hydrogens (primary N) is 1. The van der Waals surface area contributed by atoms with Crippen LogP contribution in [0.25, 0.3) is 0 Å². The summed E-state index contributed by atoms with van der Waals surface area (Å²) in [6.45, 7) is 4.79. The Labute approximate surface area is 110 Å². The lowest BCUT2D eigenvalue weighted by atomic mass is 9.67. The highest BCUT2D eigenvalue weighted by Gasteiger charge is 2.41. The second-order valence-electron chi connectivity index (χ2n) is 5.99. The smallest absolute Gasteiger partial charge is 0.227 e. The van der Waals surface area contributed by atoms with E-state index in [9.17, 15) is 4.79 Å². The lowest BCUT2D eigenvalue weighted by Gasteiger charge is -2.43. The molecule has 2 fully saturated rings. The number of carbonyl (C=O) groups excluding carboxylic acids is 1. The standard InChI is InChI=1S/C14H26N2O2/c1-2-13(4-3-5-13)11-16-12(17)14(10-15)6-8-18-9-7-14/h2-11,15H2,1H3,(H,16,17). The molecule has 1 amide bonds. The summed E-state index contributed by atoms with van der Waals surface area (Å²) in [5, 5.41) is 3.16. The van der Waals surface area contributed by atoms with Crippen molar-refractivity contribution < 1.29 is 9.53 Å². The van der Waals surface area contributed by atoms with Crippen LogP contribution in [0.5, 0.6) is 0 Å². The monoisotopic (exact) mass is 254 g/mol. The molecule has 0 atom stereocenters. The van der Waals surface area contributed by atoms with Gasteiger partial charge in [-0.05, 0) is 37.5 Å². The van der Waals surface area contributed by atoms with Gasteiger partial charge in [0.2, 0.25) is 5.91 Å². The Balaban J connectivity index is 1.89. The zero-order chi connectivity index (χ0) is 13.1. The van der Waals surface area contributed by atoms with Gasteiger partial charge >= 0.3 is 0 Å². The highest BCUT2D eigenvalue weighted by molar-refractivity contribution is 5.83. The van der Waals surface area contributed by atoms with Crippen LogP contribution in [0.2, 0.25) is 0 Å². The minimum atomic E-state index is -0.378. The van der Waals surface area contributed by atoms with Crippen molar-refractivity contribution in [2.24, 2.45) is 16.6 Å². The summed E-state index contributed by atoms with van der Waals surface area (Å²) in [4.78, 5) is 12.4. The van der Waals surface area contributed by atoms with E-state index in [4.69, 9.17) is 10.5 Å². The quantitative estimate of drug-likeness (QED) is 0.780. The fourth-order valence-electron chi connectivity index (χ4n) is 3.07. The first-order valence-corrected chi connectivity index (χ1v) is 7.23. The Kier molecular flexibility index (Phi) is 4.28. The van der Waals surface area contributed by atoms with Gasteiger partial charge in [-0.15, -0.1) is 0 Å². The molecule has 104 valence electrons. The molecule has 1 aliphatic heterocycles. The predicted octanol–water partition coefficient (Wildman–Crippen LogP) is 1.44. The highest BCUT2D eigenvalue weighted by atomic mass is 16.5. The van der Waals surface area contributed by atoms with Gasteiger partial charge in [0.05, 0.1) is 5.41 Å². The van der Waals surface area contributed by atoms with Gasteiger partial charge < -0.3 is 15.8 Å². The van der Waals surface area contributed by atoms with Gasteiger partial charge in [0.15, 0.2) is 0 Å². The fraction of sp³-hybridized carbons (Fsp3) is 0.929. The minimum absolute atomic E-state index is 0.146. The molecule has 1 saturated carbocycles. The zero-order valence-corrected chi connectivity index (χ0v) is 11.5. The average Bonchev–Trinajstić information content (AvgIpc) is 2.38. The maximum atomic E-state index is 12.4. The molecule has 0 spiro atoms. The van der Waals surface area contributed by atoms with Crippen LogP contribution in [-0.2, 0) is 9.53 Å². The van der Waals surface area contributed by atoms with Crippen LogP contribution in [0, 0.1) is 10.8 Å². The van der Waals surface area contributed by atoms with E-state index in [1.54, 1.807) is 0 Å². The molecule has 0 radical (unpaired) electrons. The molecule has 1 heterocycles. The minimum Gasteiger partial charge on any atom is -0.381 e. The third-order valence-electron chi connectivity index (χ3n) is 5.11. The molecule has 2 aliphatic rings. The fourth-order valence-corrected chi connectivity index (χ4v) is 3.07. The van der Waals surface area contributed by atoms with E-state index in [2.05, 4.69) is 12.2 Å². The number of nitrogens with one attached hydrogen (secondary N) is 1. The van der Waals surface area contributed by atoms with Gasteiger partial charge in [-0.1, -0.05) is 13.3 Å². The van der Waals surface area contributed by atoms with Crippen molar-refractivity contribution in [1.29, 1.82) is 0 Å². The first-order valence-electron chi connectivity index (χ1n) is 7.23. The van der Waals surface area contributed by atoms with Crippen molar-refractivity contribution >= 4 is 5.91 Å². The number of amides is 1. The maximum absolute atomic E-state index is 12.4. The van der Waals surface area contributed by atoms with Gasteiger partial charge in [0.25, 0.3) is 0 Å². The molecule has 18 heavy (non-hydrogen) atoms. The maximum Gasteiger partial charge on any atom is 0.227 e. The van der Waals surface area contributed by atoms with Crippen molar-refractivity contribution in [1.82, 2.24) is 5.32 Å². The van der Waals surface area contributed by atoms with Crippen LogP contribution < -0.4 is 11.1 Å². The number of hydrogen-bond acceptors (Lipinski definition) is 3. The Morgan fingerprint density at radius 1 is 1.28 bits per heavy atom. The SMILES string of the molecule is CCC1(CNC(=O)C2(CN)CCOCC2)CCC1. The molecular weight excluding hydrogens is 228 g/mol. The van der Waals surface area contributed by atoms with E-state index in [0.29, 0.717) is 25.2 Å². The molecule has 4 nitrogen and oxygen atoms in total. The molecule has 0 unspecified atom stereocenters. The van der Waals surface area contributed by atoms with E-state index in [1.165, 1.54) is 19.3 Å². The van der Waals surface area contributed by atoms with Crippen LogP contribution >= 0.6 is 0 Å². The second kappa shape index (κ2) is 5.57. The largest absolute Gasteiger partial charge is 0.381 e. The van der Waals surface area contributed by atoms with Gasteiger partial charge in [0, 0.05) is 26.3 Å². The molecular formula is C14H26N2O2. The summed E-state index contributed by atoms with van der Waals surface area (Å²) < 4.78 is 5.34. The highest BCUT2D eigenvalue weighted by Crippen LogP contribution is 2.43. The molecule has 0 aromatic heterocycles. The summed E-state index contributed by atoms with van der Waals surface area (Å²) in [6.07, 6.45) is 6.49. The lowest BCUT2D eigenvalue weighted by molar-refractivity contribution is -0.136. The van der Waals surface area contributed by atoms with Crippen LogP contribution in [-0.4, -0.2) is 32.2 Å². The number of hydrogen-bond donors (Lipinski definition) is 2. The Hall–Kier alpha value is -0.610. The number of ether oxygens (including phenoxy) is 1. The molecule has 0 bridgehead atoms. The Morgan fingerprint density at radius 3 is 2.39 bits per heavy atom. The summed E-state index contributed by atoms with van der Waals surface area (Å²) in [6, 6.07) is 0. The van der Waals surface area contributed by atoms with Crippen molar-refractivity contribution in [3.05, 3.63) is 0 Å². The van der Waals surface area contributed by atoms with Crippen molar-refractivity contribution in [3.63, 3.8) is 0 Å². The molecule has 2 rings (SSSR count).